The monoisotopic (exact) mass is 180 g/mol. The minimum absolute atomic E-state index is 0.268. The summed E-state index contributed by atoms with van der Waals surface area (Å²) in [6, 6.07) is 10.0. The first-order valence-corrected chi connectivity index (χ1v) is 4.59. The summed E-state index contributed by atoms with van der Waals surface area (Å²) in [6.07, 6.45) is 0.433. The van der Waals surface area contributed by atoms with E-state index in [4.69, 9.17) is 9.84 Å². The summed E-state index contributed by atoms with van der Waals surface area (Å²) in [4.78, 5) is 0. The molecule has 1 aromatic carbocycles. The molecule has 0 radical (unpaired) electrons. The van der Waals surface area contributed by atoms with Crippen LogP contribution in [0.25, 0.3) is 0 Å². The highest BCUT2D eigenvalue weighted by Crippen LogP contribution is 2.01. The molecule has 0 saturated heterocycles. The van der Waals surface area contributed by atoms with Crippen molar-refractivity contribution in [3.63, 3.8) is 0 Å². The van der Waals surface area contributed by atoms with Crippen LogP contribution >= 0.6 is 0 Å². The molecule has 13 heavy (non-hydrogen) atoms. The molecular weight excluding hydrogens is 164 g/mol. The van der Waals surface area contributed by atoms with E-state index in [1.54, 1.807) is 6.92 Å². The summed E-state index contributed by atoms with van der Waals surface area (Å²) < 4.78 is 5.37. The van der Waals surface area contributed by atoms with Crippen LogP contribution in [-0.4, -0.2) is 17.8 Å². The molecule has 0 aromatic heterocycles. The molecule has 0 aliphatic heterocycles. The summed E-state index contributed by atoms with van der Waals surface area (Å²) in [6.45, 7) is 3.02. The van der Waals surface area contributed by atoms with Gasteiger partial charge in [-0.1, -0.05) is 30.3 Å². The van der Waals surface area contributed by atoms with Crippen LogP contribution in [0.5, 0.6) is 0 Å². The molecule has 0 fully saturated rings. The Morgan fingerprint density at radius 3 is 2.62 bits per heavy atom. The number of aliphatic hydroxyl groups excluding tert-OH is 1. The molecule has 1 atom stereocenters. The van der Waals surface area contributed by atoms with E-state index in [1.165, 1.54) is 5.56 Å². The number of benzene rings is 1. The van der Waals surface area contributed by atoms with Gasteiger partial charge < -0.3 is 9.84 Å². The van der Waals surface area contributed by atoms with E-state index in [2.05, 4.69) is 0 Å². The molecule has 1 aromatic rings. The van der Waals surface area contributed by atoms with Crippen LogP contribution in [0.2, 0.25) is 0 Å². The SMILES string of the molecule is CC(O)CCOCc1ccccc1. The van der Waals surface area contributed by atoms with Crippen molar-refractivity contribution >= 4 is 0 Å². The molecule has 0 saturated carbocycles. The third-order valence-electron chi connectivity index (χ3n) is 1.79. The van der Waals surface area contributed by atoms with Crippen LogP contribution in [0.15, 0.2) is 30.3 Å². The van der Waals surface area contributed by atoms with E-state index in [9.17, 15) is 0 Å². The van der Waals surface area contributed by atoms with Gasteiger partial charge >= 0.3 is 0 Å². The van der Waals surface area contributed by atoms with Gasteiger partial charge in [0.2, 0.25) is 0 Å². The van der Waals surface area contributed by atoms with Crippen molar-refractivity contribution < 1.29 is 9.84 Å². The first-order valence-electron chi connectivity index (χ1n) is 4.59. The maximum Gasteiger partial charge on any atom is 0.0716 e. The highest BCUT2D eigenvalue weighted by molar-refractivity contribution is 5.13. The Balaban J connectivity index is 2.13. The van der Waals surface area contributed by atoms with Crippen LogP contribution in [0.1, 0.15) is 18.9 Å². The Hall–Kier alpha value is -0.860. The molecule has 1 N–H and O–H groups in total. The fraction of sp³-hybridized carbons (Fsp3) is 0.455. The van der Waals surface area contributed by atoms with Gasteiger partial charge in [0, 0.05) is 6.61 Å². The number of ether oxygens (including phenoxy) is 1. The molecule has 0 bridgehead atoms. The zero-order valence-electron chi connectivity index (χ0n) is 7.94. The third-order valence-corrected chi connectivity index (χ3v) is 1.79. The smallest absolute Gasteiger partial charge is 0.0716 e. The molecule has 0 aliphatic carbocycles. The summed E-state index contributed by atoms with van der Waals surface area (Å²) in [5.41, 5.74) is 1.17. The molecule has 0 amide bonds. The molecule has 0 spiro atoms. The number of hydrogen-bond acceptors (Lipinski definition) is 2. The number of rotatable bonds is 5. The van der Waals surface area contributed by atoms with Gasteiger partial charge in [-0.2, -0.15) is 0 Å². The lowest BCUT2D eigenvalue weighted by Gasteiger charge is -2.05. The van der Waals surface area contributed by atoms with E-state index in [1.807, 2.05) is 30.3 Å². The van der Waals surface area contributed by atoms with Crippen molar-refractivity contribution in [1.82, 2.24) is 0 Å². The second kappa shape index (κ2) is 5.73. The predicted octanol–water partition coefficient (Wildman–Crippen LogP) is 1.97. The predicted molar refractivity (Wildman–Crippen MR) is 52.4 cm³/mol. The summed E-state index contributed by atoms with van der Waals surface area (Å²) in [7, 11) is 0. The lowest BCUT2D eigenvalue weighted by atomic mass is 10.2. The van der Waals surface area contributed by atoms with Gasteiger partial charge in [0.25, 0.3) is 0 Å². The molecule has 0 heterocycles. The first-order chi connectivity index (χ1) is 6.29. The van der Waals surface area contributed by atoms with E-state index in [-0.39, 0.29) is 6.10 Å². The standard InChI is InChI=1S/C11H16O2/c1-10(12)7-8-13-9-11-5-3-2-4-6-11/h2-6,10,12H,7-9H2,1H3. The summed E-state index contributed by atoms with van der Waals surface area (Å²) >= 11 is 0. The Morgan fingerprint density at radius 2 is 2.00 bits per heavy atom. The quantitative estimate of drug-likeness (QED) is 0.702. The van der Waals surface area contributed by atoms with Crippen LogP contribution < -0.4 is 0 Å². The zero-order chi connectivity index (χ0) is 9.52. The molecular formula is C11H16O2. The second-order valence-corrected chi connectivity index (χ2v) is 3.18. The van der Waals surface area contributed by atoms with Crippen molar-refractivity contribution in [2.45, 2.75) is 26.1 Å². The topological polar surface area (TPSA) is 29.5 Å². The van der Waals surface area contributed by atoms with Crippen molar-refractivity contribution in [2.75, 3.05) is 6.61 Å². The van der Waals surface area contributed by atoms with Gasteiger partial charge in [-0.15, -0.1) is 0 Å². The van der Waals surface area contributed by atoms with Crippen molar-refractivity contribution in [1.29, 1.82) is 0 Å². The Morgan fingerprint density at radius 1 is 1.31 bits per heavy atom. The third kappa shape index (κ3) is 4.65. The fourth-order valence-electron chi connectivity index (χ4n) is 1.02. The van der Waals surface area contributed by atoms with Gasteiger partial charge in [-0.25, -0.2) is 0 Å². The van der Waals surface area contributed by atoms with Crippen molar-refractivity contribution in [2.24, 2.45) is 0 Å². The molecule has 1 unspecified atom stereocenters. The number of aliphatic hydroxyl groups is 1. The summed E-state index contributed by atoms with van der Waals surface area (Å²) in [5, 5.41) is 8.97. The lowest BCUT2D eigenvalue weighted by molar-refractivity contribution is 0.0801. The van der Waals surface area contributed by atoms with Crippen LogP contribution in [0.4, 0.5) is 0 Å². The minimum atomic E-state index is -0.268. The maximum atomic E-state index is 8.97. The van der Waals surface area contributed by atoms with E-state index in [0.717, 1.165) is 0 Å². The van der Waals surface area contributed by atoms with Crippen molar-refractivity contribution in [3.05, 3.63) is 35.9 Å². The normalized spacial score (nSPS) is 12.8. The lowest BCUT2D eigenvalue weighted by Crippen LogP contribution is -2.05. The van der Waals surface area contributed by atoms with Gasteiger partial charge in [0.05, 0.1) is 12.7 Å². The summed E-state index contributed by atoms with van der Waals surface area (Å²) in [5.74, 6) is 0. The zero-order valence-corrected chi connectivity index (χ0v) is 7.94. The van der Waals surface area contributed by atoms with Gasteiger partial charge in [0.15, 0.2) is 0 Å². The van der Waals surface area contributed by atoms with E-state index in [0.29, 0.717) is 19.6 Å². The molecule has 0 aliphatic rings. The van der Waals surface area contributed by atoms with E-state index >= 15 is 0 Å². The average molecular weight is 180 g/mol. The van der Waals surface area contributed by atoms with Gasteiger partial charge in [-0.05, 0) is 18.9 Å². The average Bonchev–Trinajstić information content (AvgIpc) is 2.14. The molecule has 1 rings (SSSR count). The molecule has 72 valence electrons. The maximum absolute atomic E-state index is 8.97. The first kappa shape index (κ1) is 10.2. The number of hydrogen-bond donors (Lipinski definition) is 1. The van der Waals surface area contributed by atoms with Crippen LogP contribution in [-0.2, 0) is 11.3 Å². The largest absolute Gasteiger partial charge is 0.393 e. The fourth-order valence-corrected chi connectivity index (χ4v) is 1.02. The van der Waals surface area contributed by atoms with E-state index < -0.39 is 0 Å². The molecule has 2 heteroatoms. The second-order valence-electron chi connectivity index (χ2n) is 3.18. The Bertz CT molecular complexity index is 219. The van der Waals surface area contributed by atoms with Crippen LogP contribution in [0, 0.1) is 0 Å². The minimum Gasteiger partial charge on any atom is -0.393 e. The Labute approximate surface area is 79.2 Å². The highest BCUT2D eigenvalue weighted by atomic mass is 16.5. The van der Waals surface area contributed by atoms with Crippen LogP contribution in [0.3, 0.4) is 0 Å². The van der Waals surface area contributed by atoms with Gasteiger partial charge in [-0.3, -0.25) is 0 Å². The van der Waals surface area contributed by atoms with Crippen molar-refractivity contribution in [3.8, 4) is 0 Å². The highest BCUT2D eigenvalue weighted by Gasteiger charge is 1.95. The Kier molecular flexibility index (Phi) is 4.50. The van der Waals surface area contributed by atoms with Gasteiger partial charge in [0.1, 0.15) is 0 Å². The molecule has 2 nitrogen and oxygen atoms in total.